The van der Waals surface area contributed by atoms with Crippen LogP contribution in [0.15, 0.2) is 29.3 Å². The summed E-state index contributed by atoms with van der Waals surface area (Å²) >= 11 is 0. The Hall–Kier alpha value is -1.95. The van der Waals surface area contributed by atoms with Gasteiger partial charge in [0.05, 0.1) is 0 Å². The van der Waals surface area contributed by atoms with Crippen LogP contribution in [-0.2, 0) is 19.5 Å². The largest absolute Gasteiger partial charge is 0.343 e. The Labute approximate surface area is 104 Å². The van der Waals surface area contributed by atoms with Crippen LogP contribution in [-0.4, -0.2) is 37.7 Å². The van der Waals surface area contributed by atoms with Crippen LogP contribution in [0.3, 0.4) is 0 Å². The molecule has 18 heavy (non-hydrogen) atoms. The van der Waals surface area contributed by atoms with E-state index in [0.717, 1.165) is 31.9 Å². The van der Waals surface area contributed by atoms with E-state index in [0.29, 0.717) is 6.54 Å². The Kier molecular flexibility index (Phi) is 2.93. The molecule has 0 unspecified atom stereocenters. The van der Waals surface area contributed by atoms with E-state index in [4.69, 9.17) is 0 Å². The first-order valence-electron chi connectivity index (χ1n) is 6.08. The summed E-state index contributed by atoms with van der Waals surface area (Å²) in [5.41, 5.74) is 1.10. The fraction of sp³-hybridized carbons (Fsp3) is 0.417. The fourth-order valence-electron chi connectivity index (χ4n) is 2.29. The van der Waals surface area contributed by atoms with Crippen molar-refractivity contribution in [3.05, 3.63) is 46.4 Å². The molecule has 94 valence electrons. The maximum atomic E-state index is 11.5. The Morgan fingerprint density at radius 1 is 1.33 bits per heavy atom. The predicted molar refractivity (Wildman–Crippen MR) is 66.1 cm³/mol. The highest BCUT2D eigenvalue weighted by atomic mass is 16.1. The number of aromatic amines is 1. The molecule has 0 aromatic carbocycles. The van der Waals surface area contributed by atoms with Gasteiger partial charge in [0.2, 0.25) is 0 Å². The number of hydrogen-bond acceptors (Lipinski definition) is 4. The summed E-state index contributed by atoms with van der Waals surface area (Å²) in [6, 6.07) is 4.02. The van der Waals surface area contributed by atoms with Gasteiger partial charge in [0.15, 0.2) is 0 Å². The molecule has 0 saturated heterocycles. The molecular weight excluding hydrogens is 230 g/mol. The zero-order chi connectivity index (χ0) is 12.4. The van der Waals surface area contributed by atoms with Crippen molar-refractivity contribution in [2.75, 3.05) is 13.1 Å². The summed E-state index contributed by atoms with van der Waals surface area (Å²) < 4.78 is 1.73. The monoisotopic (exact) mass is 245 g/mol. The number of pyridine rings is 1. The Balaban J connectivity index is 1.70. The number of aromatic nitrogens is 4. The molecule has 6 heteroatoms. The summed E-state index contributed by atoms with van der Waals surface area (Å²) in [5, 5.41) is 6.54. The third kappa shape index (κ3) is 2.19. The highest BCUT2D eigenvalue weighted by Gasteiger charge is 2.16. The van der Waals surface area contributed by atoms with Gasteiger partial charge in [-0.15, -0.1) is 0 Å². The Bertz CT molecular complexity index is 574. The molecule has 0 aliphatic carbocycles. The Morgan fingerprint density at radius 3 is 3.11 bits per heavy atom. The van der Waals surface area contributed by atoms with E-state index in [2.05, 4.69) is 26.1 Å². The minimum Gasteiger partial charge on any atom is -0.297 e. The van der Waals surface area contributed by atoms with Gasteiger partial charge < -0.3 is 0 Å². The zero-order valence-corrected chi connectivity index (χ0v) is 10.0. The highest BCUT2D eigenvalue weighted by Crippen LogP contribution is 2.08. The highest BCUT2D eigenvalue weighted by molar-refractivity contribution is 5.08. The van der Waals surface area contributed by atoms with Crippen molar-refractivity contribution in [1.82, 2.24) is 24.6 Å². The lowest BCUT2D eigenvalue weighted by Gasteiger charge is -2.18. The number of fused-ring (bicyclic) bond motifs is 1. The van der Waals surface area contributed by atoms with Crippen LogP contribution in [0.5, 0.6) is 0 Å². The second-order valence-electron chi connectivity index (χ2n) is 4.48. The molecule has 0 spiro atoms. The van der Waals surface area contributed by atoms with Crippen molar-refractivity contribution in [3.63, 3.8) is 0 Å². The first-order valence-corrected chi connectivity index (χ1v) is 6.08. The van der Waals surface area contributed by atoms with Gasteiger partial charge in [0.25, 0.3) is 0 Å². The molecule has 0 atom stereocenters. The number of rotatable bonds is 2. The van der Waals surface area contributed by atoms with E-state index in [-0.39, 0.29) is 5.69 Å². The van der Waals surface area contributed by atoms with E-state index in [1.54, 1.807) is 10.8 Å². The summed E-state index contributed by atoms with van der Waals surface area (Å²) in [6.45, 7) is 3.35. The fourth-order valence-corrected chi connectivity index (χ4v) is 2.29. The number of nitrogens with one attached hydrogen (secondary N) is 1. The van der Waals surface area contributed by atoms with Crippen molar-refractivity contribution in [1.29, 1.82) is 0 Å². The van der Waals surface area contributed by atoms with E-state index in [1.807, 2.05) is 12.3 Å². The molecule has 3 heterocycles. The second kappa shape index (κ2) is 4.73. The van der Waals surface area contributed by atoms with Crippen LogP contribution in [0.2, 0.25) is 0 Å². The molecule has 2 aromatic rings. The van der Waals surface area contributed by atoms with Crippen LogP contribution >= 0.6 is 0 Å². The minimum atomic E-state index is -0.103. The van der Waals surface area contributed by atoms with Crippen molar-refractivity contribution < 1.29 is 0 Å². The lowest BCUT2D eigenvalue weighted by atomic mass is 10.2. The summed E-state index contributed by atoms with van der Waals surface area (Å²) in [5.74, 6) is 0.855. The minimum absolute atomic E-state index is 0.103. The van der Waals surface area contributed by atoms with Gasteiger partial charge >= 0.3 is 5.69 Å². The van der Waals surface area contributed by atoms with Gasteiger partial charge in [-0.05, 0) is 11.6 Å². The lowest BCUT2D eigenvalue weighted by Crippen LogP contribution is -2.28. The van der Waals surface area contributed by atoms with Gasteiger partial charge in [-0.3, -0.25) is 14.5 Å². The van der Waals surface area contributed by atoms with Crippen LogP contribution in [0, 0.1) is 0 Å². The summed E-state index contributed by atoms with van der Waals surface area (Å²) in [6.07, 6.45) is 4.47. The predicted octanol–water partition coefficient (Wildman–Crippen LogP) is 0.0247. The van der Waals surface area contributed by atoms with Gasteiger partial charge in [0.1, 0.15) is 5.82 Å². The summed E-state index contributed by atoms with van der Waals surface area (Å²) in [4.78, 5) is 17.9. The van der Waals surface area contributed by atoms with Crippen LogP contribution in [0.4, 0.5) is 0 Å². The zero-order valence-electron chi connectivity index (χ0n) is 10.0. The van der Waals surface area contributed by atoms with Crippen molar-refractivity contribution in [2.24, 2.45) is 0 Å². The molecule has 0 amide bonds. The first-order chi connectivity index (χ1) is 8.83. The molecule has 6 nitrogen and oxygen atoms in total. The molecule has 1 aliphatic rings. The van der Waals surface area contributed by atoms with E-state index in [1.165, 1.54) is 5.56 Å². The maximum Gasteiger partial charge on any atom is 0.343 e. The lowest BCUT2D eigenvalue weighted by molar-refractivity contribution is 0.270. The standard InChI is InChI=1S/C12H15N5O/c18-12-15-14-11-3-5-16(6-7-17(11)12)9-10-2-1-4-13-8-10/h1-2,4,8H,3,5-7,9H2,(H,15,18). The molecule has 3 rings (SSSR count). The van der Waals surface area contributed by atoms with Crippen molar-refractivity contribution in [3.8, 4) is 0 Å². The third-order valence-corrected chi connectivity index (χ3v) is 3.26. The van der Waals surface area contributed by atoms with Crippen LogP contribution in [0.1, 0.15) is 11.4 Å². The second-order valence-corrected chi connectivity index (χ2v) is 4.48. The van der Waals surface area contributed by atoms with Gasteiger partial charge in [-0.1, -0.05) is 6.07 Å². The third-order valence-electron chi connectivity index (χ3n) is 3.26. The number of nitrogens with zero attached hydrogens (tertiary/aromatic N) is 4. The smallest absolute Gasteiger partial charge is 0.297 e. The van der Waals surface area contributed by atoms with Gasteiger partial charge in [-0.2, -0.15) is 5.10 Å². The van der Waals surface area contributed by atoms with E-state index < -0.39 is 0 Å². The topological polar surface area (TPSA) is 66.8 Å². The van der Waals surface area contributed by atoms with Gasteiger partial charge in [0, 0.05) is 45.0 Å². The maximum absolute atomic E-state index is 11.5. The SMILES string of the molecule is O=c1[nH]nc2n1CCN(Cc1cccnc1)CC2. The molecular formula is C12H15N5O. The molecule has 1 aliphatic heterocycles. The van der Waals surface area contributed by atoms with Gasteiger partial charge in [-0.25, -0.2) is 9.89 Å². The van der Waals surface area contributed by atoms with Crippen molar-refractivity contribution >= 4 is 0 Å². The van der Waals surface area contributed by atoms with E-state index >= 15 is 0 Å². The Morgan fingerprint density at radius 2 is 2.28 bits per heavy atom. The molecule has 0 saturated carbocycles. The molecule has 0 fully saturated rings. The number of hydrogen-bond donors (Lipinski definition) is 1. The normalized spacial score (nSPS) is 16.2. The van der Waals surface area contributed by atoms with E-state index in [9.17, 15) is 4.79 Å². The first kappa shape index (κ1) is 11.2. The molecule has 0 radical (unpaired) electrons. The molecule has 1 N–H and O–H groups in total. The summed E-state index contributed by atoms with van der Waals surface area (Å²) in [7, 11) is 0. The van der Waals surface area contributed by atoms with Crippen LogP contribution < -0.4 is 5.69 Å². The quantitative estimate of drug-likeness (QED) is 0.810. The van der Waals surface area contributed by atoms with Crippen LogP contribution in [0.25, 0.3) is 0 Å². The molecule has 0 bridgehead atoms. The average molecular weight is 245 g/mol. The average Bonchev–Trinajstić information content (AvgIpc) is 2.63. The van der Waals surface area contributed by atoms with Crippen molar-refractivity contribution in [2.45, 2.75) is 19.5 Å². The number of H-pyrrole nitrogens is 1. The molecule has 2 aromatic heterocycles.